The lowest BCUT2D eigenvalue weighted by Gasteiger charge is -2.27. The Balaban J connectivity index is 1.74. The number of aryl methyl sites for hydroxylation is 1. The van der Waals surface area contributed by atoms with Crippen LogP contribution in [0.25, 0.3) is 0 Å². The van der Waals surface area contributed by atoms with Gasteiger partial charge < -0.3 is 15.0 Å². The van der Waals surface area contributed by atoms with Crippen molar-refractivity contribution >= 4 is 11.8 Å². The molecule has 23 heavy (non-hydrogen) atoms. The van der Waals surface area contributed by atoms with Crippen molar-refractivity contribution in [1.82, 2.24) is 10.2 Å². The minimum Gasteiger partial charge on any atom is -0.490 e. The predicted molar refractivity (Wildman–Crippen MR) is 87.3 cm³/mol. The van der Waals surface area contributed by atoms with Crippen molar-refractivity contribution in [3.8, 4) is 5.75 Å². The van der Waals surface area contributed by atoms with Crippen LogP contribution in [-0.2, 0) is 9.59 Å². The molecule has 2 atom stereocenters. The third-order valence-electron chi connectivity index (χ3n) is 4.97. The second kappa shape index (κ2) is 6.22. The smallest absolute Gasteiger partial charge is 0.243 e. The number of carbonyl (C=O) groups is 2. The van der Waals surface area contributed by atoms with E-state index in [1.54, 1.807) is 4.90 Å². The fourth-order valence-electron chi connectivity index (χ4n) is 3.47. The Morgan fingerprint density at radius 3 is 2.87 bits per heavy atom. The van der Waals surface area contributed by atoms with E-state index in [1.165, 1.54) is 5.56 Å². The van der Waals surface area contributed by atoms with Crippen molar-refractivity contribution in [2.75, 3.05) is 13.2 Å². The maximum atomic E-state index is 12.7. The number of nitrogens with zero attached hydrogens (tertiary/aromatic N) is 1. The van der Waals surface area contributed by atoms with E-state index in [0.717, 1.165) is 23.3 Å². The molecule has 5 heteroatoms. The van der Waals surface area contributed by atoms with Gasteiger partial charge in [-0.05, 0) is 37.8 Å². The van der Waals surface area contributed by atoms with Crippen LogP contribution in [0.5, 0.6) is 5.75 Å². The maximum absolute atomic E-state index is 12.7. The van der Waals surface area contributed by atoms with Gasteiger partial charge in [-0.15, -0.1) is 0 Å². The first-order valence-corrected chi connectivity index (χ1v) is 8.35. The highest BCUT2D eigenvalue weighted by atomic mass is 16.5. The van der Waals surface area contributed by atoms with Gasteiger partial charge >= 0.3 is 0 Å². The third kappa shape index (κ3) is 2.80. The Bertz CT molecular complexity index is 641. The van der Waals surface area contributed by atoms with Crippen LogP contribution in [0.3, 0.4) is 0 Å². The van der Waals surface area contributed by atoms with Crippen LogP contribution in [-0.4, -0.2) is 35.9 Å². The van der Waals surface area contributed by atoms with Crippen LogP contribution in [0.4, 0.5) is 0 Å². The summed E-state index contributed by atoms with van der Waals surface area (Å²) < 4.78 is 5.79. The zero-order valence-corrected chi connectivity index (χ0v) is 14.0. The quantitative estimate of drug-likeness (QED) is 0.927. The minimum absolute atomic E-state index is 0.0811. The molecule has 0 aliphatic carbocycles. The highest BCUT2D eigenvalue weighted by Crippen LogP contribution is 2.36. The number of fused-ring (bicyclic) bond motifs is 1. The summed E-state index contributed by atoms with van der Waals surface area (Å²) in [5.41, 5.74) is 3.34. The first-order chi connectivity index (χ1) is 11.0. The Morgan fingerprint density at radius 2 is 2.22 bits per heavy atom. The summed E-state index contributed by atoms with van der Waals surface area (Å²) in [4.78, 5) is 26.3. The average Bonchev–Trinajstić information content (AvgIpc) is 3.12. The molecule has 124 valence electrons. The summed E-state index contributed by atoms with van der Waals surface area (Å²) in [5, 5.41) is 3.07. The molecule has 5 nitrogen and oxygen atoms in total. The monoisotopic (exact) mass is 316 g/mol. The van der Waals surface area contributed by atoms with Gasteiger partial charge in [0.15, 0.2) is 0 Å². The summed E-state index contributed by atoms with van der Waals surface area (Å²) in [6.07, 6.45) is 2.03. The van der Waals surface area contributed by atoms with E-state index in [2.05, 4.69) is 18.3 Å². The topological polar surface area (TPSA) is 58.6 Å². The van der Waals surface area contributed by atoms with Gasteiger partial charge in [-0.2, -0.15) is 0 Å². The molecule has 2 aliphatic rings. The van der Waals surface area contributed by atoms with Crippen LogP contribution in [0.15, 0.2) is 12.1 Å². The molecule has 0 aromatic heterocycles. The van der Waals surface area contributed by atoms with E-state index >= 15 is 0 Å². The average molecular weight is 316 g/mol. The molecule has 1 saturated heterocycles. The van der Waals surface area contributed by atoms with Gasteiger partial charge in [-0.25, -0.2) is 0 Å². The van der Waals surface area contributed by atoms with Crippen molar-refractivity contribution in [2.45, 2.75) is 52.1 Å². The van der Waals surface area contributed by atoms with Crippen molar-refractivity contribution < 1.29 is 14.3 Å². The van der Waals surface area contributed by atoms with Gasteiger partial charge in [0, 0.05) is 18.5 Å². The molecule has 1 N–H and O–H groups in total. The molecule has 2 heterocycles. The molecule has 1 aromatic rings. The number of nitrogens with one attached hydrogen (secondary N) is 1. The number of benzene rings is 1. The molecule has 0 bridgehead atoms. The SMILES string of the molecule is CC[C@@H](C(=O)N[C@@H]1COc2c1ccc(C)c2C)N1CCCC1=O. The summed E-state index contributed by atoms with van der Waals surface area (Å²) in [6, 6.07) is 3.57. The molecule has 2 amide bonds. The Kier molecular flexibility index (Phi) is 4.28. The lowest BCUT2D eigenvalue weighted by atomic mass is 10.0. The summed E-state index contributed by atoms with van der Waals surface area (Å²) >= 11 is 0. The second-order valence-electron chi connectivity index (χ2n) is 6.41. The van der Waals surface area contributed by atoms with Gasteiger partial charge in [-0.3, -0.25) is 9.59 Å². The van der Waals surface area contributed by atoms with Gasteiger partial charge in [0.05, 0.1) is 6.04 Å². The molecular formula is C18H24N2O3. The van der Waals surface area contributed by atoms with Crippen molar-refractivity contribution in [3.63, 3.8) is 0 Å². The zero-order valence-electron chi connectivity index (χ0n) is 14.0. The van der Waals surface area contributed by atoms with Crippen molar-refractivity contribution in [3.05, 3.63) is 28.8 Å². The van der Waals surface area contributed by atoms with E-state index in [4.69, 9.17) is 4.74 Å². The van der Waals surface area contributed by atoms with Crippen LogP contribution in [0.1, 0.15) is 48.9 Å². The number of amides is 2. The summed E-state index contributed by atoms with van der Waals surface area (Å²) in [7, 11) is 0. The Labute approximate surface area is 137 Å². The van der Waals surface area contributed by atoms with Crippen molar-refractivity contribution in [2.24, 2.45) is 0 Å². The van der Waals surface area contributed by atoms with Crippen LogP contribution in [0.2, 0.25) is 0 Å². The van der Waals surface area contributed by atoms with Crippen LogP contribution in [0, 0.1) is 13.8 Å². The predicted octanol–water partition coefficient (Wildman–Crippen LogP) is 2.25. The van der Waals surface area contributed by atoms with E-state index in [-0.39, 0.29) is 23.9 Å². The van der Waals surface area contributed by atoms with E-state index in [9.17, 15) is 9.59 Å². The lowest BCUT2D eigenvalue weighted by molar-refractivity contribution is -0.138. The van der Waals surface area contributed by atoms with Gasteiger partial charge in [-0.1, -0.05) is 19.1 Å². The Hall–Kier alpha value is -2.04. The first kappa shape index (κ1) is 15.8. The van der Waals surface area contributed by atoms with E-state index in [1.807, 2.05) is 19.9 Å². The molecule has 0 unspecified atom stereocenters. The molecular weight excluding hydrogens is 292 g/mol. The first-order valence-electron chi connectivity index (χ1n) is 8.35. The fraction of sp³-hybridized carbons (Fsp3) is 0.556. The molecule has 1 fully saturated rings. The number of hydrogen-bond acceptors (Lipinski definition) is 3. The van der Waals surface area contributed by atoms with E-state index < -0.39 is 0 Å². The van der Waals surface area contributed by atoms with Crippen LogP contribution >= 0.6 is 0 Å². The van der Waals surface area contributed by atoms with Gasteiger partial charge in [0.25, 0.3) is 0 Å². The maximum Gasteiger partial charge on any atom is 0.243 e. The molecule has 0 spiro atoms. The standard InChI is InChI=1S/C18H24N2O3/c1-4-15(20-9-5-6-16(20)21)18(22)19-14-10-23-17-12(3)11(2)7-8-13(14)17/h7-8,14-15H,4-6,9-10H2,1-3H3,(H,19,22)/t14-,15+/m1/s1. The largest absolute Gasteiger partial charge is 0.490 e. The highest BCUT2D eigenvalue weighted by molar-refractivity contribution is 5.88. The third-order valence-corrected chi connectivity index (χ3v) is 4.97. The number of carbonyl (C=O) groups excluding carboxylic acids is 2. The molecule has 0 saturated carbocycles. The fourth-order valence-corrected chi connectivity index (χ4v) is 3.47. The molecule has 3 rings (SSSR count). The molecule has 0 radical (unpaired) electrons. The molecule has 1 aromatic carbocycles. The van der Waals surface area contributed by atoms with Crippen LogP contribution < -0.4 is 10.1 Å². The number of rotatable bonds is 4. The van der Waals surface area contributed by atoms with Crippen molar-refractivity contribution in [1.29, 1.82) is 0 Å². The number of hydrogen-bond donors (Lipinski definition) is 1. The lowest BCUT2D eigenvalue weighted by Crippen LogP contribution is -2.48. The van der Waals surface area contributed by atoms with Gasteiger partial charge in [0.2, 0.25) is 11.8 Å². The molecule has 2 aliphatic heterocycles. The number of ether oxygens (including phenoxy) is 1. The van der Waals surface area contributed by atoms with E-state index in [0.29, 0.717) is 26.0 Å². The second-order valence-corrected chi connectivity index (χ2v) is 6.41. The summed E-state index contributed by atoms with van der Waals surface area (Å²) in [6.45, 7) is 7.17. The Morgan fingerprint density at radius 1 is 1.43 bits per heavy atom. The zero-order chi connectivity index (χ0) is 16.6. The normalized spacial score (nSPS) is 21.1. The minimum atomic E-state index is -0.374. The number of likely N-dealkylation sites (tertiary alicyclic amines) is 1. The van der Waals surface area contributed by atoms with Gasteiger partial charge in [0.1, 0.15) is 18.4 Å². The highest BCUT2D eigenvalue weighted by Gasteiger charge is 2.34. The summed E-state index contributed by atoms with van der Waals surface area (Å²) in [5.74, 6) is 0.893.